The van der Waals surface area contributed by atoms with Crippen LogP contribution in [0.15, 0.2) is 35.3 Å². The van der Waals surface area contributed by atoms with Crippen LogP contribution in [0.5, 0.6) is 0 Å². The number of nitrogens with one attached hydrogen (secondary N) is 1. The molecule has 0 saturated heterocycles. The molecule has 6 heteroatoms. The number of carboxylic acids is 1. The lowest BCUT2D eigenvalue weighted by atomic mass is 10.1. The Balaban J connectivity index is 2.81. The number of aliphatic carboxylic acids is 1. The summed E-state index contributed by atoms with van der Waals surface area (Å²) in [6.07, 6.45) is 0.307. The lowest BCUT2D eigenvalue weighted by Gasteiger charge is -2.10. The van der Waals surface area contributed by atoms with Gasteiger partial charge in [0.1, 0.15) is 5.84 Å². The van der Waals surface area contributed by atoms with Crippen LogP contribution in [0.3, 0.4) is 0 Å². The van der Waals surface area contributed by atoms with Crippen LogP contribution < -0.4 is 17.0 Å². The van der Waals surface area contributed by atoms with E-state index in [9.17, 15) is 4.79 Å². The molecule has 6 N–H and O–H groups in total. The van der Waals surface area contributed by atoms with Gasteiger partial charge in [0.25, 0.3) is 0 Å². The Morgan fingerprint density at radius 3 is 2.53 bits per heavy atom. The Labute approximate surface area is 99.3 Å². The standard InChI is InChI=1S/C11H16N4O2/c12-7-10(15-13)14-9(11(16)17)6-8-4-2-1-3-5-8/h1-5,9H,6-7,12-13H2,(H,14,15)(H,16,17). The van der Waals surface area contributed by atoms with Crippen molar-refractivity contribution in [2.24, 2.45) is 16.6 Å². The number of amidine groups is 1. The summed E-state index contributed by atoms with van der Waals surface area (Å²) in [5.74, 6) is 4.44. The van der Waals surface area contributed by atoms with Gasteiger partial charge < -0.3 is 16.3 Å². The fourth-order valence-electron chi connectivity index (χ4n) is 1.36. The zero-order valence-electron chi connectivity index (χ0n) is 9.34. The van der Waals surface area contributed by atoms with Gasteiger partial charge >= 0.3 is 5.97 Å². The third-order valence-electron chi connectivity index (χ3n) is 2.23. The summed E-state index contributed by atoms with van der Waals surface area (Å²) in [6, 6.07) is 8.39. The molecular formula is C11H16N4O2. The molecule has 92 valence electrons. The minimum Gasteiger partial charge on any atom is -0.480 e. The Morgan fingerprint density at radius 2 is 2.06 bits per heavy atom. The average Bonchev–Trinajstić information content (AvgIpc) is 2.35. The molecule has 0 spiro atoms. The molecule has 0 saturated carbocycles. The van der Waals surface area contributed by atoms with Crippen molar-refractivity contribution >= 4 is 11.8 Å². The second-order valence-corrected chi connectivity index (χ2v) is 3.47. The average molecular weight is 236 g/mol. The molecule has 0 aliphatic carbocycles. The highest BCUT2D eigenvalue weighted by Gasteiger charge is 2.17. The van der Waals surface area contributed by atoms with Crippen molar-refractivity contribution in [2.75, 3.05) is 6.54 Å². The van der Waals surface area contributed by atoms with E-state index in [1.165, 1.54) is 0 Å². The molecule has 6 nitrogen and oxygen atoms in total. The first-order valence-electron chi connectivity index (χ1n) is 5.17. The summed E-state index contributed by atoms with van der Waals surface area (Å²) in [6.45, 7) is 0.0784. The molecule has 0 heterocycles. The van der Waals surface area contributed by atoms with Crippen molar-refractivity contribution < 1.29 is 9.90 Å². The van der Waals surface area contributed by atoms with Gasteiger partial charge in [-0.15, -0.1) is 0 Å². The van der Waals surface area contributed by atoms with Gasteiger partial charge in [-0.05, 0) is 5.56 Å². The molecule has 0 aromatic heterocycles. The lowest BCUT2D eigenvalue weighted by molar-refractivity contribution is -0.138. The molecule has 0 aliphatic rings. The first-order valence-corrected chi connectivity index (χ1v) is 5.17. The molecule has 1 atom stereocenters. The third kappa shape index (κ3) is 4.21. The summed E-state index contributed by atoms with van der Waals surface area (Å²) in [4.78, 5) is 15.0. The van der Waals surface area contributed by atoms with Crippen LogP contribution in [0.25, 0.3) is 0 Å². The van der Waals surface area contributed by atoms with E-state index in [-0.39, 0.29) is 12.4 Å². The molecular weight excluding hydrogens is 220 g/mol. The molecule has 0 fully saturated rings. The van der Waals surface area contributed by atoms with Crippen molar-refractivity contribution in [1.82, 2.24) is 5.43 Å². The number of benzene rings is 1. The van der Waals surface area contributed by atoms with E-state index in [0.29, 0.717) is 6.42 Å². The van der Waals surface area contributed by atoms with Crippen LogP contribution in [-0.2, 0) is 11.2 Å². The fraction of sp³-hybridized carbons (Fsp3) is 0.273. The minimum absolute atomic E-state index is 0.0784. The number of aliphatic imine (C=N–C) groups is 1. The Morgan fingerprint density at radius 1 is 1.41 bits per heavy atom. The van der Waals surface area contributed by atoms with E-state index < -0.39 is 12.0 Å². The monoisotopic (exact) mass is 236 g/mol. The molecule has 17 heavy (non-hydrogen) atoms. The summed E-state index contributed by atoms with van der Waals surface area (Å²) in [5, 5.41) is 9.06. The number of rotatable bonds is 5. The Bertz CT molecular complexity index is 386. The van der Waals surface area contributed by atoms with Gasteiger partial charge in [-0.3, -0.25) is 4.99 Å². The number of carboxylic acid groups (broad SMARTS) is 1. The van der Waals surface area contributed by atoms with Crippen LogP contribution in [0, 0.1) is 0 Å². The number of hydrazine groups is 1. The van der Waals surface area contributed by atoms with Crippen molar-refractivity contribution in [3.8, 4) is 0 Å². The van der Waals surface area contributed by atoms with Crippen LogP contribution in [0.2, 0.25) is 0 Å². The van der Waals surface area contributed by atoms with Gasteiger partial charge in [-0.1, -0.05) is 30.3 Å². The van der Waals surface area contributed by atoms with Crippen LogP contribution in [-0.4, -0.2) is 29.5 Å². The summed E-state index contributed by atoms with van der Waals surface area (Å²) in [5.41, 5.74) is 8.54. The first-order chi connectivity index (χ1) is 8.17. The SMILES string of the molecule is NCC(=NC(Cc1ccccc1)C(=O)O)NN. The van der Waals surface area contributed by atoms with Crippen LogP contribution in [0.4, 0.5) is 0 Å². The highest BCUT2D eigenvalue weighted by molar-refractivity contribution is 5.86. The first kappa shape index (κ1) is 13.1. The predicted octanol–water partition coefficient (Wildman–Crippen LogP) is -0.497. The zero-order valence-corrected chi connectivity index (χ0v) is 9.34. The molecule has 0 amide bonds. The third-order valence-corrected chi connectivity index (χ3v) is 2.23. The maximum absolute atomic E-state index is 11.1. The van der Waals surface area contributed by atoms with Gasteiger partial charge in [-0.25, -0.2) is 10.6 Å². The van der Waals surface area contributed by atoms with E-state index in [4.69, 9.17) is 16.7 Å². The Kier molecular flexibility index (Phi) is 5.12. The summed E-state index contributed by atoms with van der Waals surface area (Å²) < 4.78 is 0. The maximum atomic E-state index is 11.1. The number of hydrogen-bond acceptors (Lipinski definition) is 4. The topological polar surface area (TPSA) is 114 Å². The maximum Gasteiger partial charge on any atom is 0.328 e. The van der Waals surface area contributed by atoms with Crippen molar-refractivity contribution in [3.63, 3.8) is 0 Å². The van der Waals surface area contributed by atoms with Crippen molar-refractivity contribution in [3.05, 3.63) is 35.9 Å². The van der Waals surface area contributed by atoms with Gasteiger partial charge in [0.15, 0.2) is 6.04 Å². The second kappa shape index (κ2) is 6.62. The molecule has 1 aromatic rings. The predicted molar refractivity (Wildman–Crippen MR) is 65.4 cm³/mol. The molecule has 1 aromatic carbocycles. The Hall–Kier alpha value is -1.92. The fourth-order valence-corrected chi connectivity index (χ4v) is 1.36. The smallest absolute Gasteiger partial charge is 0.328 e. The lowest BCUT2D eigenvalue weighted by Crippen LogP contribution is -2.38. The largest absolute Gasteiger partial charge is 0.480 e. The number of hydrogen-bond donors (Lipinski definition) is 4. The normalized spacial score (nSPS) is 13.2. The van der Waals surface area contributed by atoms with Crippen molar-refractivity contribution in [1.29, 1.82) is 0 Å². The van der Waals surface area contributed by atoms with Gasteiger partial charge in [0.2, 0.25) is 0 Å². The number of nitrogens with zero attached hydrogens (tertiary/aromatic N) is 1. The van der Waals surface area contributed by atoms with Crippen LogP contribution >= 0.6 is 0 Å². The molecule has 0 radical (unpaired) electrons. The summed E-state index contributed by atoms with van der Waals surface area (Å²) in [7, 11) is 0. The van der Waals surface area contributed by atoms with E-state index >= 15 is 0 Å². The zero-order chi connectivity index (χ0) is 12.7. The van der Waals surface area contributed by atoms with E-state index in [1.807, 2.05) is 30.3 Å². The molecule has 0 aliphatic heterocycles. The molecule has 0 bridgehead atoms. The summed E-state index contributed by atoms with van der Waals surface area (Å²) >= 11 is 0. The number of carbonyl (C=O) groups is 1. The van der Waals surface area contributed by atoms with E-state index in [0.717, 1.165) is 5.56 Å². The van der Waals surface area contributed by atoms with Gasteiger partial charge in [0.05, 0.1) is 6.54 Å². The molecule has 1 rings (SSSR count). The second-order valence-electron chi connectivity index (χ2n) is 3.47. The highest BCUT2D eigenvalue weighted by Crippen LogP contribution is 2.06. The van der Waals surface area contributed by atoms with E-state index in [2.05, 4.69) is 10.4 Å². The minimum atomic E-state index is -1.00. The van der Waals surface area contributed by atoms with Crippen molar-refractivity contribution in [2.45, 2.75) is 12.5 Å². The van der Waals surface area contributed by atoms with Gasteiger partial charge in [0, 0.05) is 6.42 Å². The van der Waals surface area contributed by atoms with Crippen LogP contribution in [0.1, 0.15) is 5.56 Å². The molecule has 1 unspecified atom stereocenters. The van der Waals surface area contributed by atoms with E-state index in [1.54, 1.807) is 0 Å². The quantitative estimate of drug-likeness (QED) is 0.238. The number of nitrogens with two attached hydrogens (primary N) is 2. The highest BCUT2D eigenvalue weighted by atomic mass is 16.4. The van der Waals surface area contributed by atoms with Gasteiger partial charge in [-0.2, -0.15) is 0 Å².